The summed E-state index contributed by atoms with van der Waals surface area (Å²) < 4.78 is 0. The second-order valence-electron chi connectivity index (χ2n) is 3.21. The molecule has 0 aromatic carbocycles. The molecule has 1 atom stereocenters. The number of rotatable bonds is 1. The molecule has 1 unspecified atom stereocenters. The molecule has 0 aromatic rings. The minimum Gasteiger partial charge on any atom is -0.399 e. The van der Waals surface area contributed by atoms with Crippen molar-refractivity contribution in [2.24, 2.45) is 17.6 Å². The van der Waals surface area contributed by atoms with Crippen LogP contribution in [-0.4, -0.2) is 0 Å². The second-order valence-corrected chi connectivity index (χ2v) is 3.21. The highest BCUT2D eigenvalue weighted by molar-refractivity contribution is 5.20. The van der Waals surface area contributed by atoms with Crippen LogP contribution in [0.5, 0.6) is 0 Å². The first kappa shape index (κ1) is 7.39. The Kier molecular flexibility index (Phi) is 2.15. The van der Waals surface area contributed by atoms with Crippen LogP contribution in [0.4, 0.5) is 0 Å². The molecule has 0 radical (unpaired) electrons. The van der Waals surface area contributed by atoms with E-state index in [1.165, 1.54) is 0 Å². The van der Waals surface area contributed by atoms with Gasteiger partial charge in [0.05, 0.1) is 0 Å². The third kappa shape index (κ3) is 1.63. The van der Waals surface area contributed by atoms with E-state index in [2.05, 4.69) is 26.0 Å². The molecule has 0 aromatic heterocycles. The van der Waals surface area contributed by atoms with Crippen molar-refractivity contribution in [1.29, 1.82) is 0 Å². The monoisotopic (exact) mass is 137 g/mol. The lowest BCUT2D eigenvalue weighted by Gasteiger charge is -2.17. The molecule has 2 N–H and O–H groups in total. The van der Waals surface area contributed by atoms with Crippen molar-refractivity contribution in [1.82, 2.24) is 0 Å². The van der Waals surface area contributed by atoms with Gasteiger partial charge in [0.1, 0.15) is 0 Å². The Morgan fingerprint density at radius 3 is 2.70 bits per heavy atom. The van der Waals surface area contributed by atoms with Crippen molar-refractivity contribution >= 4 is 0 Å². The van der Waals surface area contributed by atoms with Gasteiger partial charge in [-0.25, -0.2) is 0 Å². The van der Waals surface area contributed by atoms with E-state index in [9.17, 15) is 0 Å². The Morgan fingerprint density at radius 2 is 2.30 bits per heavy atom. The van der Waals surface area contributed by atoms with E-state index >= 15 is 0 Å². The Labute approximate surface area is 62.6 Å². The van der Waals surface area contributed by atoms with Crippen molar-refractivity contribution < 1.29 is 0 Å². The van der Waals surface area contributed by atoms with Gasteiger partial charge in [-0.1, -0.05) is 26.0 Å². The maximum absolute atomic E-state index is 5.57. The van der Waals surface area contributed by atoms with Gasteiger partial charge in [-0.3, -0.25) is 0 Å². The van der Waals surface area contributed by atoms with Gasteiger partial charge < -0.3 is 5.73 Å². The molecule has 0 bridgehead atoms. The van der Waals surface area contributed by atoms with E-state index < -0.39 is 0 Å². The van der Waals surface area contributed by atoms with Crippen LogP contribution in [0.25, 0.3) is 0 Å². The standard InChI is InChI=1S/C9H15N/c1-7(2)8-3-5-9(10)6-4-8/h3,5-8H,4,10H2,1-2H3. The van der Waals surface area contributed by atoms with E-state index in [0.29, 0.717) is 5.92 Å². The Balaban J connectivity index is 2.52. The highest BCUT2D eigenvalue weighted by Gasteiger charge is 2.10. The Morgan fingerprint density at radius 1 is 1.60 bits per heavy atom. The second kappa shape index (κ2) is 2.91. The molecule has 56 valence electrons. The van der Waals surface area contributed by atoms with Crippen molar-refractivity contribution in [3.63, 3.8) is 0 Å². The zero-order chi connectivity index (χ0) is 7.56. The highest BCUT2D eigenvalue weighted by Crippen LogP contribution is 2.21. The molecule has 0 aliphatic heterocycles. The first-order chi connectivity index (χ1) is 4.70. The van der Waals surface area contributed by atoms with Crippen LogP contribution in [0, 0.1) is 11.8 Å². The van der Waals surface area contributed by atoms with Gasteiger partial charge in [-0.15, -0.1) is 0 Å². The summed E-state index contributed by atoms with van der Waals surface area (Å²) >= 11 is 0. The molecule has 1 rings (SSSR count). The van der Waals surface area contributed by atoms with Gasteiger partial charge in [-0.2, -0.15) is 0 Å². The summed E-state index contributed by atoms with van der Waals surface area (Å²) in [7, 11) is 0. The zero-order valence-corrected chi connectivity index (χ0v) is 6.67. The molecule has 0 saturated heterocycles. The fourth-order valence-corrected chi connectivity index (χ4v) is 1.15. The average Bonchev–Trinajstić information content (AvgIpc) is 1.88. The predicted octanol–water partition coefficient (Wildman–Crippen LogP) is 2.06. The van der Waals surface area contributed by atoms with Gasteiger partial charge in [0, 0.05) is 5.70 Å². The molecule has 1 heteroatoms. The van der Waals surface area contributed by atoms with E-state index in [4.69, 9.17) is 5.73 Å². The third-order valence-corrected chi connectivity index (χ3v) is 2.02. The van der Waals surface area contributed by atoms with E-state index in [-0.39, 0.29) is 0 Å². The van der Waals surface area contributed by atoms with E-state index in [0.717, 1.165) is 18.0 Å². The maximum Gasteiger partial charge on any atom is 0.0270 e. The smallest absolute Gasteiger partial charge is 0.0270 e. The minimum absolute atomic E-state index is 0.701. The molecule has 10 heavy (non-hydrogen) atoms. The molecule has 0 heterocycles. The molecule has 0 fully saturated rings. The van der Waals surface area contributed by atoms with Crippen molar-refractivity contribution in [3.05, 3.63) is 23.9 Å². The predicted molar refractivity (Wildman–Crippen MR) is 44.4 cm³/mol. The van der Waals surface area contributed by atoms with Gasteiger partial charge in [-0.05, 0) is 24.3 Å². The lowest BCUT2D eigenvalue weighted by molar-refractivity contribution is 0.466. The summed E-state index contributed by atoms with van der Waals surface area (Å²) in [6, 6.07) is 0. The van der Waals surface area contributed by atoms with Crippen LogP contribution < -0.4 is 5.73 Å². The van der Waals surface area contributed by atoms with Gasteiger partial charge in [0.2, 0.25) is 0 Å². The first-order valence-corrected chi connectivity index (χ1v) is 3.84. The molecular weight excluding hydrogens is 122 g/mol. The van der Waals surface area contributed by atoms with Crippen LogP contribution in [0.3, 0.4) is 0 Å². The summed E-state index contributed by atoms with van der Waals surface area (Å²) in [5, 5.41) is 0. The maximum atomic E-state index is 5.57. The average molecular weight is 137 g/mol. The highest BCUT2D eigenvalue weighted by atomic mass is 14.6. The first-order valence-electron chi connectivity index (χ1n) is 3.84. The van der Waals surface area contributed by atoms with Gasteiger partial charge >= 0.3 is 0 Å². The molecule has 1 aliphatic carbocycles. The van der Waals surface area contributed by atoms with Crippen LogP contribution in [0.1, 0.15) is 20.3 Å². The Hall–Kier alpha value is -0.720. The number of hydrogen-bond acceptors (Lipinski definition) is 1. The van der Waals surface area contributed by atoms with Gasteiger partial charge in [0.25, 0.3) is 0 Å². The normalized spacial score (nSPS) is 25.1. The summed E-state index contributed by atoms with van der Waals surface area (Å²) in [6.07, 6.45) is 7.43. The summed E-state index contributed by atoms with van der Waals surface area (Å²) in [5.74, 6) is 1.44. The third-order valence-electron chi connectivity index (χ3n) is 2.02. The fourth-order valence-electron chi connectivity index (χ4n) is 1.15. The van der Waals surface area contributed by atoms with Crippen LogP contribution in [0.2, 0.25) is 0 Å². The zero-order valence-electron chi connectivity index (χ0n) is 6.67. The number of hydrogen-bond donors (Lipinski definition) is 1. The summed E-state index contributed by atoms with van der Waals surface area (Å²) in [5.41, 5.74) is 6.49. The molecular formula is C9H15N. The lowest BCUT2D eigenvalue weighted by Crippen LogP contribution is -2.09. The molecule has 0 spiro atoms. The van der Waals surface area contributed by atoms with Crippen molar-refractivity contribution in [2.75, 3.05) is 0 Å². The van der Waals surface area contributed by atoms with Crippen LogP contribution in [0.15, 0.2) is 23.9 Å². The van der Waals surface area contributed by atoms with E-state index in [1.807, 2.05) is 6.08 Å². The van der Waals surface area contributed by atoms with Crippen molar-refractivity contribution in [2.45, 2.75) is 20.3 Å². The molecule has 1 aliphatic rings. The lowest BCUT2D eigenvalue weighted by atomic mass is 9.89. The SMILES string of the molecule is CC(C)C1C=CC(N)=CC1. The van der Waals surface area contributed by atoms with Crippen molar-refractivity contribution in [3.8, 4) is 0 Å². The summed E-state index contributed by atoms with van der Waals surface area (Å²) in [6.45, 7) is 4.48. The van der Waals surface area contributed by atoms with E-state index in [1.54, 1.807) is 0 Å². The largest absolute Gasteiger partial charge is 0.399 e. The van der Waals surface area contributed by atoms with Crippen LogP contribution in [-0.2, 0) is 0 Å². The molecule has 0 saturated carbocycles. The molecule has 0 amide bonds. The fraction of sp³-hybridized carbons (Fsp3) is 0.556. The molecule has 1 nitrogen and oxygen atoms in total. The van der Waals surface area contributed by atoms with Gasteiger partial charge in [0.15, 0.2) is 0 Å². The number of allylic oxidation sites excluding steroid dienone is 3. The summed E-state index contributed by atoms with van der Waals surface area (Å²) in [4.78, 5) is 0. The van der Waals surface area contributed by atoms with Crippen LogP contribution >= 0.6 is 0 Å². The minimum atomic E-state index is 0.701. The number of nitrogens with two attached hydrogens (primary N) is 1. The Bertz CT molecular complexity index is 166. The topological polar surface area (TPSA) is 26.0 Å². The quantitative estimate of drug-likeness (QED) is 0.588.